The summed E-state index contributed by atoms with van der Waals surface area (Å²) in [5.41, 5.74) is 1.16. The first-order valence-corrected chi connectivity index (χ1v) is 9.62. The minimum Gasteiger partial charge on any atom is -0.366 e. The molecule has 2 heterocycles. The predicted octanol–water partition coefficient (Wildman–Crippen LogP) is 2.60. The second kappa shape index (κ2) is 8.06. The number of carbonyl (C=O) groups excluding carboxylic acids is 2. The standard InChI is InChI=1S/C21H22F2N4O2/c22-15-5-7-17(8-6-15)27-14-16(13-20(27)28)24-21(29)26-11-9-25(10-12-26)19-4-2-1-3-18(19)23/h1-8,16H,9-14H2,(H,24,29)/t16-/m0/s1. The SMILES string of the molecule is O=C(N[C@H]1CC(=O)N(c2ccc(F)cc2)C1)N1CCN(c2ccccc2F)CC1. The molecule has 4 rings (SSSR count). The van der Waals surface area contributed by atoms with Crippen LogP contribution in [0.15, 0.2) is 48.5 Å². The van der Waals surface area contributed by atoms with Crippen LogP contribution in [-0.2, 0) is 4.79 Å². The van der Waals surface area contributed by atoms with Crippen molar-refractivity contribution in [2.45, 2.75) is 12.5 Å². The molecule has 0 spiro atoms. The summed E-state index contributed by atoms with van der Waals surface area (Å²) in [4.78, 5) is 30.1. The number of para-hydroxylation sites is 1. The zero-order valence-corrected chi connectivity index (χ0v) is 15.9. The number of anilines is 2. The molecule has 0 saturated carbocycles. The molecule has 2 aromatic carbocycles. The van der Waals surface area contributed by atoms with Gasteiger partial charge in [0.2, 0.25) is 5.91 Å². The van der Waals surface area contributed by atoms with Crippen molar-refractivity contribution in [2.75, 3.05) is 42.5 Å². The van der Waals surface area contributed by atoms with Crippen molar-refractivity contribution in [3.63, 3.8) is 0 Å². The number of nitrogens with zero attached hydrogens (tertiary/aromatic N) is 3. The van der Waals surface area contributed by atoms with Crippen molar-refractivity contribution >= 4 is 23.3 Å². The third-order valence-corrected chi connectivity index (χ3v) is 5.35. The third kappa shape index (κ3) is 4.16. The summed E-state index contributed by atoms with van der Waals surface area (Å²) in [5, 5.41) is 2.91. The number of benzene rings is 2. The van der Waals surface area contributed by atoms with E-state index in [0.29, 0.717) is 44.1 Å². The number of nitrogens with one attached hydrogen (secondary N) is 1. The molecular weight excluding hydrogens is 378 g/mol. The van der Waals surface area contributed by atoms with E-state index in [0.717, 1.165) is 0 Å². The van der Waals surface area contributed by atoms with Gasteiger partial charge in [-0.3, -0.25) is 4.79 Å². The highest BCUT2D eigenvalue weighted by Gasteiger charge is 2.33. The molecule has 1 N–H and O–H groups in total. The van der Waals surface area contributed by atoms with Crippen LogP contribution in [0.2, 0.25) is 0 Å². The zero-order valence-electron chi connectivity index (χ0n) is 15.9. The Morgan fingerprint density at radius 2 is 1.66 bits per heavy atom. The Kier molecular flexibility index (Phi) is 5.33. The van der Waals surface area contributed by atoms with Gasteiger partial charge in [0.1, 0.15) is 11.6 Å². The van der Waals surface area contributed by atoms with E-state index in [9.17, 15) is 18.4 Å². The molecule has 0 aromatic heterocycles. The molecule has 3 amide bonds. The number of halogens is 2. The van der Waals surface area contributed by atoms with Crippen LogP contribution in [0.5, 0.6) is 0 Å². The summed E-state index contributed by atoms with van der Waals surface area (Å²) in [6.07, 6.45) is 0.207. The van der Waals surface area contributed by atoms with E-state index in [4.69, 9.17) is 0 Å². The van der Waals surface area contributed by atoms with Crippen molar-refractivity contribution in [1.82, 2.24) is 10.2 Å². The molecule has 0 bridgehead atoms. The Labute approximate surface area is 167 Å². The molecule has 2 fully saturated rings. The molecule has 2 aliphatic heterocycles. The minimum absolute atomic E-state index is 0.105. The summed E-state index contributed by atoms with van der Waals surface area (Å²) in [6, 6.07) is 11.8. The summed E-state index contributed by atoms with van der Waals surface area (Å²) >= 11 is 0. The lowest BCUT2D eigenvalue weighted by Gasteiger charge is -2.36. The van der Waals surface area contributed by atoms with Gasteiger partial charge in [-0.15, -0.1) is 0 Å². The first kappa shape index (κ1) is 19.2. The molecule has 2 aromatic rings. The molecule has 8 heteroatoms. The van der Waals surface area contributed by atoms with E-state index in [2.05, 4.69) is 5.32 Å². The average Bonchev–Trinajstić information content (AvgIpc) is 3.09. The summed E-state index contributed by atoms with van der Waals surface area (Å²) in [5.74, 6) is -0.734. The number of hydrogen-bond donors (Lipinski definition) is 1. The Morgan fingerprint density at radius 1 is 0.966 bits per heavy atom. The Balaban J connectivity index is 1.31. The number of rotatable bonds is 3. The van der Waals surface area contributed by atoms with Crippen LogP contribution in [0, 0.1) is 11.6 Å². The predicted molar refractivity (Wildman–Crippen MR) is 106 cm³/mol. The lowest BCUT2D eigenvalue weighted by atomic mass is 10.2. The van der Waals surface area contributed by atoms with Crippen molar-refractivity contribution in [3.8, 4) is 0 Å². The lowest BCUT2D eigenvalue weighted by molar-refractivity contribution is -0.117. The van der Waals surface area contributed by atoms with Crippen LogP contribution < -0.4 is 15.1 Å². The van der Waals surface area contributed by atoms with Gasteiger partial charge in [0, 0.05) is 44.8 Å². The second-order valence-electron chi connectivity index (χ2n) is 7.26. The smallest absolute Gasteiger partial charge is 0.317 e. The second-order valence-corrected chi connectivity index (χ2v) is 7.26. The monoisotopic (exact) mass is 400 g/mol. The quantitative estimate of drug-likeness (QED) is 0.862. The molecule has 1 atom stereocenters. The molecule has 0 radical (unpaired) electrons. The minimum atomic E-state index is -0.361. The van der Waals surface area contributed by atoms with Crippen molar-refractivity contribution in [3.05, 3.63) is 60.2 Å². The van der Waals surface area contributed by atoms with Crippen LogP contribution in [0.1, 0.15) is 6.42 Å². The van der Waals surface area contributed by atoms with E-state index in [1.165, 1.54) is 18.2 Å². The van der Waals surface area contributed by atoms with Crippen LogP contribution >= 0.6 is 0 Å². The summed E-state index contributed by atoms with van der Waals surface area (Å²) < 4.78 is 27.0. The van der Waals surface area contributed by atoms with Crippen molar-refractivity contribution in [1.29, 1.82) is 0 Å². The summed E-state index contributed by atoms with van der Waals surface area (Å²) in [6.45, 7) is 2.38. The fraction of sp³-hybridized carbons (Fsp3) is 0.333. The van der Waals surface area contributed by atoms with Crippen LogP contribution in [0.3, 0.4) is 0 Å². The molecule has 152 valence electrons. The van der Waals surface area contributed by atoms with E-state index in [1.807, 2.05) is 4.90 Å². The van der Waals surface area contributed by atoms with Gasteiger partial charge in [0.15, 0.2) is 0 Å². The Morgan fingerprint density at radius 3 is 2.34 bits per heavy atom. The number of hydrogen-bond acceptors (Lipinski definition) is 3. The van der Waals surface area contributed by atoms with Crippen molar-refractivity contribution < 1.29 is 18.4 Å². The van der Waals surface area contributed by atoms with Gasteiger partial charge in [-0.2, -0.15) is 0 Å². The number of amides is 3. The van der Waals surface area contributed by atoms with Crippen LogP contribution in [0.25, 0.3) is 0 Å². The fourth-order valence-electron chi connectivity index (χ4n) is 3.80. The fourth-order valence-corrected chi connectivity index (χ4v) is 3.80. The van der Waals surface area contributed by atoms with Gasteiger partial charge >= 0.3 is 6.03 Å². The van der Waals surface area contributed by atoms with Gasteiger partial charge < -0.3 is 20.0 Å². The first-order chi connectivity index (χ1) is 14.0. The highest BCUT2D eigenvalue weighted by molar-refractivity contribution is 5.96. The number of urea groups is 1. The number of piperazine rings is 1. The Hall–Kier alpha value is -3.16. The van der Waals surface area contributed by atoms with Gasteiger partial charge in [-0.1, -0.05) is 12.1 Å². The average molecular weight is 400 g/mol. The Bertz CT molecular complexity index is 898. The van der Waals surface area contributed by atoms with E-state index in [-0.39, 0.29) is 36.0 Å². The van der Waals surface area contributed by atoms with Crippen LogP contribution in [-0.4, -0.2) is 55.6 Å². The van der Waals surface area contributed by atoms with Gasteiger partial charge in [-0.25, -0.2) is 13.6 Å². The highest BCUT2D eigenvalue weighted by Crippen LogP contribution is 2.23. The summed E-state index contributed by atoms with van der Waals surface area (Å²) in [7, 11) is 0. The van der Waals surface area contributed by atoms with Gasteiger partial charge in [-0.05, 0) is 36.4 Å². The van der Waals surface area contributed by atoms with E-state index < -0.39 is 0 Å². The lowest BCUT2D eigenvalue weighted by Crippen LogP contribution is -2.54. The maximum atomic E-state index is 13.9. The molecular formula is C21H22F2N4O2. The molecule has 6 nitrogen and oxygen atoms in total. The normalized spacial score (nSPS) is 19.6. The highest BCUT2D eigenvalue weighted by atomic mass is 19.1. The first-order valence-electron chi connectivity index (χ1n) is 9.62. The van der Waals surface area contributed by atoms with Gasteiger partial charge in [0.05, 0.1) is 11.7 Å². The van der Waals surface area contributed by atoms with Crippen molar-refractivity contribution in [2.24, 2.45) is 0 Å². The maximum absolute atomic E-state index is 13.9. The molecule has 2 saturated heterocycles. The van der Waals surface area contributed by atoms with Gasteiger partial charge in [0.25, 0.3) is 0 Å². The maximum Gasteiger partial charge on any atom is 0.317 e. The third-order valence-electron chi connectivity index (χ3n) is 5.35. The molecule has 2 aliphatic rings. The molecule has 29 heavy (non-hydrogen) atoms. The largest absolute Gasteiger partial charge is 0.366 e. The number of carbonyl (C=O) groups is 2. The topological polar surface area (TPSA) is 55.9 Å². The van der Waals surface area contributed by atoms with E-state index in [1.54, 1.807) is 40.1 Å². The molecule has 0 aliphatic carbocycles. The molecule has 0 unspecified atom stereocenters. The van der Waals surface area contributed by atoms with Crippen LogP contribution in [0.4, 0.5) is 25.0 Å². The van der Waals surface area contributed by atoms with E-state index >= 15 is 0 Å². The zero-order chi connectivity index (χ0) is 20.4.